The number of nitrogens with one attached hydrogen (secondary N) is 2. The van der Waals surface area contributed by atoms with Crippen molar-refractivity contribution >= 4 is 23.9 Å². The summed E-state index contributed by atoms with van der Waals surface area (Å²) in [6.45, 7) is 10.7. The van der Waals surface area contributed by atoms with Crippen LogP contribution in [0.25, 0.3) is 0 Å². The number of rotatable bonds is 7. The van der Waals surface area contributed by atoms with Gasteiger partial charge in [0.15, 0.2) is 0 Å². The van der Waals surface area contributed by atoms with Crippen molar-refractivity contribution in [1.82, 2.24) is 10.6 Å². The molecule has 2 aliphatic rings. The topological polar surface area (TPSA) is 120 Å². The van der Waals surface area contributed by atoms with E-state index in [0.717, 1.165) is 5.56 Å². The molecule has 9 nitrogen and oxygen atoms in total. The fourth-order valence-electron chi connectivity index (χ4n) is 4.89. The highest BCUT2D eigenvalue weighted by molar-refractivity contribution is 5.95. The van der Waals surface area contributed by atoms with E-state index in [1.54, 1.807) is 46.8 Å². The van der Waals surface area contributed by atoms with Crippen LogP contribution < -0.4 is 10.6 Å². The molecule has 2 amide bonds. The second kappa shape index (κ2) is 9.64. The smallest absolute Gasteiger partial charge is 0.408 e. The number of hydrogen-bond acceptors (Lipinski definition) is 7. The summed E-state index contributed by atoms with van der Waals surface area (Å²) >= 11 is 0. The molecule has 1 aromatic rings. The largest absolute Gasteiger partial charge is 0.466 e. The number of carbonyl (C=O) groups is 4. The molecule has 0 heterocycles. The molecule has 3 rings (SSSR count). The number of hydrogen-bond donors (Lipinski definition) is 2. The summed E-state index contributed by atoms with van der Waals surface area (Å²) in [6.07, 6.45) is -0.715. The Balaban J connectivity index is 1.92. The lowest BCUT2D eigenvalue weighted by Crippen LogP contribution is -2.59. The predicted molar refractivity (Wildman–Crippen MR) is 123 cm³/mol. The Morgan fingerprint density at radius 2 is 1.65 bits per heavy atom. The summed E-state index contributed by atoms with van der Waals surface area (Å²) < 4.78 is 15.9. The molecule has 2 N–H and O–H groups in total. The van der Waals surface area contributed by atoms with Gasteiger partial charge in [-0.2, -0.15) is 0 Å². The first-order valence-corrected chi connectivity index (χ1v) is 11.7. The first-order valence-electron chi connectivity index (χ1n) is 11.7. The van der Waals surface area contributed by atoms with E-state index >= 15 is 0 Å². The van der Waals surface area contributed by atoms with E-state index in [-0.39, 0.29) is 31.5 Å². The van der Waals surface area contributed by atoms with Gasteiger partial charge in [-0.25, -0.2) is 9.59 Å². The molecule has 0 aliphatic heterocycles. The lowest BCUT2D eigenvalue weighted by atomic mass is 9.88. The van der Waals surface area contributed by atoms with Crippen LogP contribution >= 0.6 is 0 Å². The third-order valence-electron chi connectivity index (χ3n) is 6.20. The van der Waals surface area contributed by atoms with Crippen LogP contribution in [0.1, 0.15) is 57.0 Å². The summed E-state index contributed by atoms with van der Waals surface area (Å²) in [5, 5.41) is 5.67. The van der Waals surface area contributed by atoms with Crippen LogP contribution in [-0.4, -0.2) is 54.3 Å². The number of fused-ring (bicyclic) bond motifs is 1. The van der Waals surface area contributed by atoms with Crippen LogP contribution in [0.15, 0.2) is 24.3 Å². The van der Waals surface area contributed by atoms with Gasteiger partial charge in [-0.15, -0.1) is 0 Å². The number of benzene rings is 1. The Morgan fingerprint density at radius 1 is 1.03 bits per heavy atom. The van der Waals surface area contributed by atoms with Gasteiger partial charge in [0, 0.05) is 23.9 Å². The van der Waals surface area contributed by atoms with Gasteiger partial charge in [0.25, 0.3) is 5.91 Å². The summed E-state index contributed by atoms with van der Waals surface area (Å²) in [4.78, 5) is 51.6. The molecule has 9 heteroatoms. The molecule has 5 atom stereocenters. The monoisotopic (exact) mass is 474 g/mol. The Hall–Kier alpha value is -3.10. The number of aryl methyl sites for hydroxylation is 1. The minimum atomic E-state index is -1.52. The molecular weight excluding hydrogens is 440 g/mol. The average molecular weight is 475 g/mol. The lowest BCUT2D eigenvalue weighted by Gasteiger charge is -2.33. The van der Waals surface area contributed by atoms with E-state index in [1.165, 1.54) is 0 Å². The maximum atomic E-state index is 13.2. The summed E-state index contributed by atoms with van der Waals surface area (Å²) in [6, 6.07) is 6.54. The molecule has 0 saturated heterocycles. The third-order valence-corrected chi connectivity index (χ3v) is 6.20. The van der Waals surface area contributed by atoms with Crippen molar-refractivity contribution in [3.8, 4) is 0 Å². The summed E-state index contributed by atoms with van der Waals surface area (Å²) in [7, 11) is 0. The van der Waals surface area contributed by atoms with Gasteiger partial charge >= 0.3 is 18.0 Å². The van der Waals surface area contributed by atoms with E-state index in [4.69, 9.17) is 14.2 Å². The molecule has 186 valence electrons. The fourth-order valence-corrected chi connectivity index (χ4v) is 4.89. The van der Waals surface area contributed by atoms with E-state index in [2.05, 4.69) is 10.6 Å². The van der Waals surface area contributed by atoms with Gasteiger partial charge in [0.1, 0.15) is 11.1 Å². The molecule has 2 saturated carbocycles. The quantitative estimate of drug-likeness (QED) is 0.461. The van der Waals surface area contributed by atoms with Crippen LogP contribution in [0.4, 0.5) is 4.79 Å². The first-order chi connectivity index (χ1) is 15.9. The van der Waals surface area contributed by atoms with Crippen molar-refractivity contribution < 1.29 is 33.4 Å². The van der Waals surface area contributed by atoms with Gasteiger partial charge in [0.05, 0.1) is 19.1 Å². The van der Waals surface area contributed by atoms with Gasteiger partial charge < -0.3 is 24.8 Å². The van der Waals surface area contributed by atoms with Crippen molar-refractivity contribution in [1.29, 1.82) is 0 Å². The Morgan fingerprint density at radius 3 is 2.21 bits per heavy atom. The van der Waals surface area contributed by atoms with Crippen LogP contribution in [0.2, 0.25) is 0 Å². The normalized spacial score (nSPS) is 27.2. The Kier molecular flexibility index (Phi) is 7.24. The zero-order chi connectivity index (χ0) is 25.3. The maximum absolute atomic E-state index is 13.2. The highest BCUT2D eigenvalue weighted by Gasteiger charge is 2.76. The lowest BCUT2D eigenvalue weighted by molar-refractivity contribution is -0.153. The SMILES string of the molecule is CCOC(=O)C1C2C(NC(=O)c3ccc(C)cc3)CC(NC(=O)OC(C)(C)C)(C(=O)OCC)C12. The minimum absolute atomic E-state index is 0.0773. The minimum Gasteiger partial charge on any atom is -0.466 e. The van der Waals surface area contributed by atoms with E-state index in [0.29, 0.717) is 5.56 Å². The number of alkyl carbamates (subject to hydrolysis) is 1. The van der Waals surface area contributed by atoms with E-state index in [9.17, 15) is 19.2 Å². The van der Waals surface area contributed by atoms with Crippen molar-refractivity contribution in [2.24, 2.45) is 17.8 Å². The second-order valence-electron chi connectivity index (χ2n) is 9.85. The zero-order valence-corrected chi connectivity index (χ0v) is 20.6. The van der Waals surface area contributed by atoms with Crippen LogP contribution in [0.3, 0.4) is 0 Å². The molecule has 0 radical (unpaired) electrons. The van der Waals surface area contributed by atoms with Crippen LogP contribution in [0, 0.1) is 24.7 Å². The van der Waals surface area contributed by atoms with Gasteiger partial charge in [-0.3, -0.25) is 9.59 Å². The van der Waals surface area contributed by atoms with Crippen molar-refractivity contribution in [3.63, 3.8) is 0 Å². The van der Waals surface area contributed by atoms with Crippen LogP contribution in [-0.2, 0) is 23.8 Å². The van der Waals surface area contributed by atoms with E-state index < -0.39 is 47.0 Å². The molecule has 2 fully saturated rings. The first kappa shape index (κ1) is 25.5. The Labute approximate surface area is 199 Å². The second-order valence-corrected chi connectivity index (χ2v) is 9.85. The van der Waals surface area contributed by atoms with Gasteiger partial charge in [-0.1, -0.05) is 17.7 Å². The molecule has 0 aromatic heterocycles. The predicted octanol–water partition coefficient (Wildman–Crippen LogP) is 2.75. The molecule has 2 aliphatic carbocycles. The summed E-state index contributed by atoms with van der Waals surface area (Å²) in [5.74, 6) is -3.07. The van der Waals surface area contributed by atoms with Crippen LogP contribution in [0.5, 0.6) is 0 Å². The highest BCUT2D eigenvalue weighted by Crippen LogP contribution is 2.63. The Bertz CT molecular complexity index is 953. The number of ether oxygens (including phenoxy) is 3. The fraction of sp³-hybridized carbons (Fsp3) is 0.600. The van der Waals surface area contributed by atoms with Crippen molar-refractivity contribution in [2.45, 2.75) is 65.1 Å². The number of amides is 2. The molecule has 0 bridgehead atoms. The molecule has 1 aromatic carbocycles. The highest BCUT2D eigenvalue weighted by atomic mass is 16.6. The average Bonchev–Trinajstić information content (AvgIpc) is 3.41. The van der Waals surface area contributed by atoms with E-state index in [1.807, 2.05) is 19.1 Å². The van der Waals surface area contributed by atoms with Gasteiger partial charge in [0.2, 0.25) is 0 Å². The van der Waals surface area contributed by atoms with Crippen molar-refractivity contribution in [2.75, 3.05) is 13.2 Å². The molecule has 5 unspecified atom stereocenters. The summed E-state index contributed by atoms with van der Waals surface area (Å²) in [5.41, 5.74) is -0.832. The molecule has 0 spiro atoms. The van der Waals surface area contributed by atoms with Gasteiger partial charge in [-0.05, 0) is 59.6 Å². The molecule has 34 heavy (non-hydrogen) atoms. The molecular formula is C25H34N2O7. The number of carbonyl (C=O) groups excluding carboxylic acids is 4. The third kappa shape index (κ3) is 5.18. The zero-order valence-electron chi connectivity index (χ0n) is 20.6. The maximum Gasteiger partial charge on any atom is 0.408 e. The number of esters is 2. The standard InChI is InChI=1S/C25H34N2O7/c1-7-32-21(29)18-17-16(26-20(28)15-11-9-14(3)10-12-15)13-25(19(17)18,22(30)33-8-2)27-23(31)34-24(4,5)6/h9-12,16-19H,7-8,13H2,1-6H3,(H,26,28)(H,27,31). The van der Waals surface area contributed by atoms with Crippen molar-refractivity contribution in [3.05, 3.63) is 35.4 Å².